The van der Waals surface area contributed by atoms with Crippen molar-refractivity contribution in [1.82, 2.24) is 0 Å². The molecule has 0 aliphatic carbocycles. The molecule has 0 spiro atoms. The van der Waals surface area contributed by atoms with Gasteiger partial charge in [0.1, 0.15) is 0 Å². The van der Waals surface area contributed by atoms with Crippen molar-refractivity contribution in [2.45, 2.75) is 46.1 Å². The first kappa shape index (κ1) is 14.2. The summed E-state index contributed by atoms with van der Waals surface area (Å²) in [5, 5.41) is 10.5. The lowest BCUT2D eigenvalue weighted by atomic mass is 9.75. The lowest BCUT2D eigenvalue weighted by Gasteiger charge is -2.35. The zero-order valence-electron chi connectivity index (χ0n) is 11.4. The van der Waals surface area contributed by atoms with Gasteiger partial charge < -0.3 is 10.8 Å². The summed E-state index contributed by atoms with van der Waals surface area (Å²) >= 11 is 0. The average Bonchev–Trinajstić information content (AvgIpc) is 2.30. The Hall–Kier alpha value is -0.860. The predicted octanol–water partition coefficient (Wildman–Crippen LogP) is 2.83. The summed E-state index contributed by atoms with van der Waals surface area (Å²) in [5.41, 5.74) is 8.09. The van der Waals surface area contributed by atoms with Crippen LogP contribution in [0.5, 0.6) is 0 Å². The van der Waals surface area contributed by atoms with E-state index in [1.165, 1.54) is 5.56 Å². The summed E-state index contributed by atoms with van der Waals surface area (Å²) in [6, 6.07) is 8.26. The molecule has 2 nitrogen and oxygen atoms in total. The predicted molar refractivity (Wildman–Crippen MR) is 73.1 cm³/mol. The van der Waals surface area contributed by atoms with Gasteiger partial charge in [-0.3, -0.25) is 0 Å². The van der Waals surface area contributed by atoms with Crippen LogP contribution in [-0.2, 0) is 0 Å². The van der Waals surface area contributed by atoms with Crippen LogP contribution in [-0.4, -0.2) is 17.8 Å². The minimum atomic E-state index is -0.403. The van der Waals surface area contributed by atoms with Gasteiger partial charge in [0.15, 0.2) is 0 Å². The van der Waals surface area contributed by atoms with E-state index in [1.54, 1.807) is 0 Å². The fourth-order valence-electron chi connectivity index (χ4n) is 2.10. The number of aryl methyl sites for hydroxylation is 1. The smallest absolute Gasteiger partial charge is 0.0671 e. The molecule has 0 amide bonds. The molecule has 17 heavy (non-hydrogen) atoms. The third-order valence-electron chi connectivity index (χ3n) is 3.82. The molecule has 0 bridgehead atoms. The van der Waals surface area contributed by atoms with Crippen molar-refractivity contribution in [2.75, 3.05) is 6.54 Å². The van der Waals surface area contributed by atoms with E-state index in [0.29, 0.717) is 6.54 Å². The summed E-state index contributed by atoms with van der Waals surface area (Å²) in [7, 11) is 0. The number of rotatable bonds is 5. The summed E-state index contributed by atoms with van der Waals surface area (Å²) in [5.74, 6) is 0.0184. The second-order valence-electron chi connectivity index (χ2n) is 5.54. The summed E-state index contributed by atoms with van der Waals surface area (Å²) < 4.78 is 0. The Morgan fingerprint density at radius 2 is 2.00 bits per heavy atom. The highest BCUT2D eigenvalue weighted by Crippen LogP contribution is 2.34. The third kappa shape index (κ3) is 3.30. The van der Waals surface area contributed by atoms with E-state index in [-0.39, 0.29) is 11.3 Å². The number of aliphatic hydroxyl groups is 1. The molecule has 0 radical (unpaired) electrons. The molecule has 2 unspecified atom stereocenters. The lowest BCUT2D eigenvalue weighted by Crippen LogP contribution is -2.37. The first-order valence-corrected chi connectivity index (χ1v) is 6.37. The second-order valence-corrected chi connectivity index (χ2v) is 5.54. The summed E-state index contributed by atoms with van der Waals surface area (Å²) in [4.78, 5) is 0. The van der Waals surface area contributed by atoms with Crippen LogP contribution >= 0.6 is 0 Å². The second kappa shape index (κ2) is 5.65. The largest absolute Gasteiger partial charge is 0.392 e. The molecule has 0 saturated carbocycles. The van der Waals surface area contributed by atoms with Gasteiger partial charge in [0, 0.05) is 12.5 Å². The van der Waals surface area contributed by atoms with E-state index in [4.69, 9.17) is 5.73 Å². The Bertz CT molecular complexity index is 360. The van der Waals surface area contributed by atoms with Gasteiger partial charge in [-0.1, -0.05) is 50.6 Å². The number of nitrogens with two attached hydrogens (primary N) is 1. The fraction of sp³-hybridized carbons (Fsp3) is 0.600. The van der Waals surface area contributed by atoms with Crippen LogP contribution in [0.25, 0.3) is 0 Å². The van der Waals surface area contributed by atoms with Crippen molar-refractivity contribution < 1.29 is 5.11 Å². The summed E-state index contributed by atoms with van der Waals surface area (Å²) in [6.45, 7) is 8.84. The molecule has 0 fully saturated rings. The van der Waals surface area contributed by atoms with E-state index >= 15 is 0 Å². The van der Waals surface area contributed by atoms with Gasteiger partial charge in [-0.15, -0.1) is 0 Å². The van der Waals surface area contributed by atoms with Crippen LogP contribution in [0.2, 0.25) is 0 Å². The highest BCUT2D eigenvalue weighted by atomic mass is 16.3. The highest BCUT2D eigenvalue weighted by molar-refractivity contribution is 5.27. The van der Waals surface area contributed by atoms with Crippen LogP contribution in [0, 0.1) is 12.3 Å². The third-order valence-corrected chi connectivity index (χ3v) is 3.82. The molecule has 0 aliphatic rings. The SMILES string of the molecule is CCC(C)(C)C(O)C(CN)c1cccc(C)c1. The van der Waals surface area contributed by atoms with Crippen LogP contribution in [0.15, 0.2) is 24.3 Å². The van der Waals surface area contributed by atoms with Crippen molar-refractivity contribution in [2.24, 2.45) is 11.1 Å². The molecule has 0 aromatic heterocycles. The molecule has 3 N–H and O–H groups in total. The van der Waals surface area contributed by atoms with Gasteiger partial charge >= 0.3 is 0 Å². The number of aliphatic hydroxyl groups excluding tert-OH is 1. The molecular formula is C15H25NO. The molecule has 1 aromatic carbocycles. The molecule has 96 valence electrons. The van der Waals surface area contributed by atoms with Crippen LogP contribution < -0.4 is 5.73 Å². The van der Waals surface area contributed by atoms with Crippen molar-refractivity contribution in [3.8, 4) is 0 Å². The first-order chi connectivity index (χ1) is 7.92. The van der Waals surface area contributed by atoms with Gasteiger partial charge in [0.25, 0.3) is 0 Å². The Morgan fingerprint density at radius 3 is 2.47 bits per heavy atom. The zero-order chi connectivity index (χ0) is 13.1. The average molecular weight is 235 g/mol. The maximum Gasteiger partial charge on any atom is 0.0671 e. The van der Waals surface area contributed by atoms with E-state index in [0.717, 1.165) is 12.0 Å². The highest BCUT2D eigenvalue weighted by Gasteiger charge is 2.32. The van der Waals surface area contributed by atoms with Crippen LogP contribution in [0.4, 0.5) is 0 Å². The Labute approximate surface area is 105 Å². The number of hydrogen-bond donors (Lipinski definition) is 2. The van der Waals surface area contributed by atoms with E-state index in [9.17, 15) is 5.11 Å². The minimum absolute atomic E-state index is 0.0184. The Morgan fingerprint density at radius 1 is 1.35 bits per heavy atom. The van der Waals surface area contributed by atoms with Crippen molar-refractivity contribution in [1.29, 1.82) is 0 Å². The number of hydrogen-bond acceptors (Lipinski definition) is 2. The van der Waals surface area contributed by atoms with Gasteiger partial charge in [0.05, 0.1) is 6.10 Å². The molecule has 2 heteroatoms. The topological polar surface area (TPSA) is 46.2 Å². The Balaban J connectivity index is 2.99. The normalized spacial score (nSPS) is 15.6. The summed E-state index contributed by atoms with van der Waals surface area (Å²) in [6.07, 6.45) is 0.538. The van der Waals surface area contributed by atoms with Crippen LogP contribution in [0.1, 0.15) is 44.2 Å². The maximum absolute atomic E-state index is 10.5. The monoisotopic (exact) mass is 235 g/mol. The van der Waals surface area contributed by atoms with Crippen LogP contribution in [0.3, 0.4) is 0 Å². The molecule has 2 atom stereocenters. The lowest BCUT2D eigenvalue weighted by molar-refractivity contribution is 0.0264. The van der Waals surface area contributed by atoms with Crippen molar-refractivity contribution in [3.05, 3.63) is 35.4 Å². The van der Waals surface area contributed by atoms with Gasteiger partial charge in [-0.05, 0) is 24.3 Å². The molecular weight excluding hydrogens is 210 g/mol. The van der Waals surface area contributed by atoms with E-state index < -0.39 is 6.10 Å². The molecule has 0 saturated heterocycles. The fourth-order valence-corrected chi connectivity index (χ4v) is 2.10. The Kier molecular flexibility index (Phi) is 4.72. The first-order valence-electron chi connectivity index (χ1n) is 6.37. The van der Waals surface area contributed by atoms with Crippen molar-refractivity contribution in [3.63, 3.8) is 0 Å². The maximum atomic E-state index is 10.5. The quantitative estimate of drug-likeness (QED) is 0.824. The standard InChI is InChI=1S/C15H25NO/c1-5-15(3,4)14(17)13(10-16)12-8-6-7-11(2)9-12/h6-9,13-14,17H,5,10,16H2,1-4H3. The zero-order valence-corrected chi connectivity index (χ0v) is 11.4. The van der Waals surface area contributed by atoms with Gasteiger partial charge in [0.2, 0.25) is 0 Å². The van der Waals surface area contributed by atoms with Crippen molar-refractivity contribution >= 4 is 0 Å². The molecule has 1 aromatic rings. The van der Waals surface area contributed by atoms with E-state index in [1.807, 2.05) is 6.07 Å². The molecule has 0 aliphatic heterocycles. The van der Waals surface area contributed by atoms with Gasteiger partial charge in [-0.2, -0.15) is 0 Å². The van der Waals surface area contributed by atoms with Gasteiger partial charge in [-0.25, -0.2) is 0 Å². The molecule has 1 rings (SSSR count). The van der Waals surface area contributed by atoms with E-state index in [2.05, 4.69) is 45.9 Å². The molecule has 0 heterocycles. The minimum Gasteiger partial charge on any atom is -0.392 e. The number of benzene rings is 1.